The van der Waals surface area contributed by atoms with Gasteiger partial charge in [-0.2, -0.15) is 0 Å². The van der Waals surface area contributed by atoms with Gasteiger partial charge in [0, 0.05) is 0 Å². The molecule has 1 unspecified atom stereocenters. The molecule has 0 aromatic carbocycles. The van der Waals surface area contributed by atoms with E-state index in [0.717, 1.165) is 12.8 Å². The highest BCUT2D eigenvalue weighted by Gasteiger charge is 1.90. The second kappa shape index (κ2) is 10.6. The van der Waals surface area contributed by atoms with Gasteiger partial charge < -0.3 is 5.11 Å². The van der Waals surface area contributed by atoms with Crippen LogP contribution in [0.1, 0.15) is 33.1 Å². The summed E-state index contributed by atoms with van der Waals surface area (Å²) in [5, 5.41) is 8.68. The molecule has 9 heavy (non-hydrogen) atoms. The van der Waals surface area contributed by atoms with Crippen LogP contribution >= 0.6 is 0 Å². The fraction of sp³-hybridized carbons (Fsp3) is 0.750. The summed E-state index contributed by atoms with van der Waals surface area (Å²) >= 11 is 0. The first-order valence-corrected chi connectivity index (χ1v) is 3.45. The Kier molecular flexibility index (Phi) is 13.6. The van der Waals surface area contributed by atoms with Crippen molar-refractivity contribution in [2.24, 2.45) is 0 Å². The van der Waals surface area contributed by atoms with E-state index >= 15 is 0 Å². The van der Waals surface area contributed by atoms with Crippen LogP contribution < -0.4 is 0 Å². The average Bonchev–Trinajstić information content (AvgIpc) is 1.88. The molecule has 0 aliphatic heterocycles. The quantitative estimate of drug-likeness (QED) is 0.581. The first-order valence-electron chi connectivity index (χ1n) is 3.45. The maximum atomic E-state index is 8.68. The normalized spacial score (nSPS) is 11.4. The lowest BCUT2D eigenvalue weighted by Gasteiger charge is -1.98. The van der Waals surface area contributed by atoms with E-state index in [4.69, 9.17) is 5.11 Å². The monoisotopic (exact) mass is 130 g/mol. The summed E-state index contributed by atoms with van der Waals surface area (Å²) in [5.41, 5.74) is 0. The van der Waals surface area contributed by atoms with Crippen LogP contribution in [0, 0.1) is 0 Å². The van der Waals surface area contributed by atoms with Crippen molar-refractivity contribution in [2.75, 3.05) is 0 Å². The minimum absolute atomic E-state index is 0.0973. The molecule has 0 spiro atoms. The fourth-order valence-corrected chi connectivity index (χ4v) is 0.500. The van der Waals surface area contributed by atoms with Crippen molar-refractivity contribution in [3.8, 4) is 0 Å². The van der Waals surface area contributed by atoms with E-state index in [2.05, 4.69) is 20.1 Å². The second-order valence-corrected chi connectivity index (χ2v) is 1.99. The van der Waals surface area contributed by atoms with Gasteiger partial charge in [0.2, 0.25) is 0 Å². The number of rotatable bonds is 3. The lowest BCUT2D eigenvalue weighted by Crippen LogP contribution is -1.97. The van der Waals surface area contributed by atoms with Crippen molar-refractivity contribution < 1.29 is 5.11 Å². The van der Waals surface area contributed by atoms with Gasteiger partial charge in [-0.3, -0.25) is 0 Å². The summed E-state index contributed by atoms with van der Waals surface area (Å²) in [6.45, 7) is 9.96. The van der Waals surface area contributed by atoms with E-state index in [0.29, 0.717) is 0 Å². The third-order valence-corrected chi connectivity index (χ3v) is 0.975. The Labute approximate surface area is 58.4 Å². The molecular weight excluding hydrogens is 112 g/mol. The molecule has 1 heteroatoms. The van der Waals surface area contributed by atoms with E-state index in [1.54, 1.807) is 0 Å². The minimum atomic E-state index is -0.0973. The standard InChI is InChI=1S/C6H14O.C2H4/c1-3-4-5-6(2)7;1-2/h6-7H,3-5H2,1-2H3;1-2H2. The fourth-order valence-electron chi connectivity index (χ4n) is 0.500. The molecule has 0 aromatic rings. The highest BCUT2D eigenvalue weighted by atomic mass is 16.3. The second-order valence-electron chi connectivity index (χ2n) is 1.99. The van der Waals surface area contributed by atoms with Gasteiger partial charge >= 0.3 is 0 Å². The molecule has 0 amide bonds. The Morgan fingerprint density at radius 1 is 1.44 bits per heavy atom. The molecule has 0 aliphatic carbocycles. The SMILES string of the molecule is C=C.CCCCC(C)O. The molecule has 56 valence electrons. The first-order chi connectivity index (χ1) is 4.27. The average molecular weight is 130 g/mol. The Balaban J connectivity index is 0. The van der Waals surface area contributed by atoms with E-state index in [1.807, 2.05) is 6.92 Å². The molecule has 0 fully saturated rings. The maximum absolute atomic E-state index is 8.68. The summed E-state index contributed by atoms with van der Waals surface area (Å²) in [5.74, 6) is 0. The predicted octanol–water partition coefficient (Wildman–Crippen LogP) is 2.36. The highest BCUT2D eigenvalue weighted by molar-refractivity contribution is 4.43. The molecule has 0 aliphatic rings. The summed E-state index contributed by atoms with van der Waals surface area (Å²) in [6, 6.07) is 0. The topological polar surface area (TPSA) is 20.2 Å². The van der Waals surface area contributed by atoms with Crippen LogP contribution in [0.4, 0.5) is 0 Å². The van der Waals surface area contributed by atoms with Crippen LogP contribution in [0.3, 0.4) is 0 Å². The zero-order valence-electron chi connectivity index (χ0n) is 6.56. The molecule has 0 aromatic heterocycles. The number of unbranched alkanes of at least 4 members (excludes halogenated alkanes) is 1. The van der Waals surface area contributed by atoms with Crippen molar-refractivity contribution in [3.05, 3.63) is 13.2 Å². The van der Waals surface area contributed by atoms with Gasteiger partial charge in [-0.05, 0) is 13.3 Å². The Hall–Kier alpha value is -0.300. The van der Waals surface area contributed by atoms with Gasteiger partial charge in [-0.1, -0.05) is 19.8 Å². The van der Waals surface area contributed by atoms with Crippen LogP contribution in [-0.2, 0) is 0 Å². The van der Waals surface area contributed by atoms with Crippen molar-refractivity contribution in [3.63, 3.8) is 0 Å². The Bertz CT molecular complexity index is 41.8. The van der Waals surface area contributed by atoms with Gasteiger partial charge in [-0.15, -0.1) is 13.2 Å². The molecule has 0 bridgehead atoms. The van der Waals surface area contributed by atoms with Gasteiger partial charge in [0.1, 0.15) is 0 Å². The van der Waals surface area contributed by atoms with Crippen LogP contribution in [-0.4, -0.2) is 11.2 Å². The molecule has 0 radical (unpaired) electrons. The molecular formula is C8H18O. The largest absolute Gasteiger partial charge is 0.393 e. The maximum Gasteiger partial charge on any atom is 0.0512 e. The Morgan fingerprint density at radius 2 is 1.89 bits per heavy atom. The summed E-state index contributed by atoms with van der Waals surface area (Å²) in [7, 11) is 0. The van der Waals surface area contributed by atoms with E-state index in [1.165, 1.54) is 6.42 Å². The number of hydrogen-bond donors (Lipinski definition) is 1. The van der Waals surface area contributed by atoms with Crippen LogP contribution in [0.5, 0.6) is 0 Å². The molecule has 0 rings (SSSR count). The van der Waals surface area contributed by atoms with Crippen molar-refractivity contribution in [1.82, 2.24) is 0 Å². The summed E-state index contributed by atoms with van der Waals surface area (Å²) in [6.07, 6.45) is 3.19. The molecule has 1 nitrogen and oxygen atoms in total. The van der Waals surface area contributed by atoms with Crippen LogP contribution in [0.15, 0.2) is 13.2 Å². The molecule has 0 heterocycles. The lowest BCUT2D eigenvalue weighted by atomic mass is 10.2. The number of hydrogen-bond acceptors (Lipinski definition) is 1. The van der Waals surface area contributed by atoms with Crippen LogP contribution in [0.2, 0.25) is 0 Å². The van der Waals surface area contributed by atoms with E-state index < -0.39 is 0 Å². The molecule has 1 atom stereocenters. The van der Waals surface area contributed by atoms with Crippen molar-refractivity contribution in [2.45, 2.75) is 39.2 Å². The van der Waals surface area contributed by atoms with Gasteiger partial charge in [0.05, 0.1) is 6.10 Å². The van der Waals surface area contributed by atoms with Crippen LogP contribution in [0.25, 0.3) is 0 Å². The smallest absolute Gasteiger partial charge is 0.0512 e. The third kappa shape index (κ3) is 18.3. The highest BCUT2D eigenvalue weighted by Crippen LogP contribution is 1.97. The predicted molar refractivity (Wildman–Crippen MR) is 42.5 cm³/mol. The van der Waals surface area contributed by atoms with Gasteiger partial charge in [0.15, 0.2) is 0 Å². The number of aliphatic hydroxyl groups excluding tert-OH is 1. The zero-order valence-corrected chi connectivity index (χ0v) is 6.56. The van der Waals surface area contributed by atoms with E-state index in [-0.39, 0.29) is 6.10 Å². The summed E-state index contributed by atoms with van der Waals surface area (Å²) < 4.78 is 0. The Morgan fingerprint density at radius 3 is 2.00 bits per heavy atom. The van der Waals surface area contributed by atoms with E-state index in [9.17, 15) is 0 Å². The first kappa shape index (κ1) is 11.5. The lowest BCUT2D eigenvalue weighted by molar-refractivity contribution is 0.181. The zero-order chi connectivity index (χ0) is 7.70. The number of aliphatic hydroxyl groups is 1. The molecule has 1 N–H and O–H groups in total. The minimum Gasteiger partial charge on any atom is -0.393 e. The molecule has 0 saturated heterocycles. The summed E-state index contributed by atoms with van der Waals surface area (Å²) in [4.78, 5) is 0. The van der Waals surface area contributed by atoms with Crippen molar-refractivity contribution >= 4 is 0 Å². The van der Waals surface area contributed by atoms with Gasteiger partial charge in [0.25, 0.3) is 0 Å². The third-order valence-electron chi connectivity index (χ3n) is 0.975. The van der Waals surface area contributed by atoms with Gasteiger partial charge in [-0.25, -0.2) is 0 Å². The van der Waals surface area contributed by atoms with Crippen molar-refractivity contribution in [1.29, 1.82) is 0 Å². The molecule has 0 saturated carbocycles.